The molecule has 0 aliphatic heterocycles. The summed E-state index contributed by atoms with van der Waals surface area (Å²) in [5, 5.41) is 6.13. The fourth-order valence-corrected chi connectivity index (χ4v) is 2.69. The normalized spacial score (nSPS) is 11.0. The molecule has 0 atom stereocenters. The van der Waals surface area contributed by atoms with E-state index in [1.54, 1.807) is 18.3 Å². The molecular weight excluding hydrogens is 331 g/mol. The number of ether oxygens (including phenoxy) is 1. The Bertz CT molecular complexity index is 936. The van der Waals surface area contributed by atoms with E-state index in [1.165, 1.54) is 12.1 Å². The van der Waals surface area contributed by atoms with Gasteiger partial charge in [-0.1, -0.05) is 42.5 Å². The highest BCUT2D eigenvalue weighted by molar-refractivity contribution is 6.02. The van der Waals surface area contributed by atoms with Crippen LogP contribution >= 0.6 is 0 Å². The Balaban J connectivity index is 1.76. The summed E-state index contributed by atoms with van der Waals surface area (Å²) >= 11 is 0. The quantitative estimate of drug-likeness (QED) is 0.538. The molecule has 132 valence electrons. The van der Waals surface area contributed by atoms with Gasteiger partial charge in [-0.15, -0.1) is 0 Å². The van der Waals surface area contributed by atoms with Crippen LogP contribution in [-0.4, -0.2) is 18.7 Å². The third-order valence-electron chi connectivity index (χ3n) is 3.89. The SMILES string of the molecule is CCOc1ccc2ccccc2c1/C=N\NC(=O)Cc1ccc(F)cc1. The van der Waals surface area contributed by atoms with Crippen LogP contribution in [0.15, 0.2) is 65.8 Å². The van der Waals surface area contributed by atoms with Crippen LogP contribution in [0.25, 0.3) is 10.8 Å². The van der Waals surface area contributed by atoms with Crippen molar-refractivity contribution in [3.05, 3.63) is 77.6 Å². The molecule has 3 aromatic carbocycles. The second-order valence-electron chi connectivity index (χ2n) is 5.73. The number of carbonyl (C=O) groups is 1. The van der Waals surface area contributed by atoms with E-state index in [2.05, 4.69) is 10.5 Å². The van der Waals surface area contributed by atoms with Crippen molar-refractivity contribution in [3.63, 3.8) is 0 Å². The topological polar surface area (TPSA) is 50.7 Å². The van der Waals surface area contributed by atoms with E-state index >= 15 is 0 Å². The molecule has 0 unspecified atom stereocenters. The predicted molar refractivity (Wildman–Crippen MR) is 101 cm³/mol. The molecule has 0 aromatic heterocycles. The summed E-state index contributed by atoms with van der Waals surface area (Å²) in [5.41, 5.74) is 4.04. The number of nitrogens with one attached hydrogen (secondary N) is 1. The lowest BCUT2D eigenvalue weighted by Crippen LogP contribution is -2.19. The number of hydrogen-bond donors (Lipinski definition) is 1. The van der Waals surface area contributed by atoms with Crippen molar-refractivity contribution in [2.75, 3.05) is 6.61 Å². The van der Waals surface area contributed by atoms with Crippen LogP contribution in [-0.2, 0) is 11.2 Å². The molecule has 3 aromatic rings. The average Bonchev–Trinajstić information content (AvgIpc) is 2.65. The zero-order valence-electron chi connectivity index (χ0n) is 14.4. The van der Waals surface area contributed by atoms with E-state index in [0.717, 1.165) is 21.9 Å². The average molecular weight is 350 g/mol. The molecule has 0 spiro atoms. The maximum absolute atomic E-state index is 12.9. The molecular formula is C21H19FN2O2. The van der Waals surface area contributed by atoms with Crippen LogP contribution in [0.1, 0.15) is 18.1 Å². The van der Waals surface area contributed by atoms with Gasteiger partial charge in [0.1, 0.15) is 11.6 Å². The summed E-state index contributed by atoms with van der Waals surface area (Å²) < 4.78 is 18.6. The van der Waals surface area contributed by atoms with Gasteiger partial charge in [0.2, 0.25) is 5.91 Å². The number of benzene rings is 3. The van der Waals surface area contributed by atoms with Crippen LogP contribution in [0.4, 0.5) is 4.39 Å². The monoisotopic (exact) mass is 350 g/mol. The molecule has 0 fully saturated rings. The number of hydrogen-bond acceptors (Lipinski definition) is 3. The van der Waals surface area contributed by atoms with E-state index in [0.29, 0.717) is 12.4 Å². The highest BCUT2D eigenvalue weighted by atomic mass is 19.1. The van der Waals surface area contributed by atoms with Gasteiger partial charge in [-0.05, 0) is 41.5 Å². The van der Waals surface area contributed by atoms with E-state index in [9.17, 15) is 9.18 Å². The number of fused-ring (bicyclic) bond motifs is 1. The Kier molecular flexibility index (Phi) is 5.59. The van der Waals surface area contributed by atoms with Gasteiger partial charge >= 0.3 is 0 Å². The fourth-order valence-electron chi connectivity index (χ4n) is 2.69. The lowest BCUT2D eigenvalue weighted by atomic mass is 10.0. The van der Waals surface area contributed by atoms with Crippen molar-refractivity contribution >= 4 is 22.9 Å². The number of hydrazone groups is 1. The zero-order chi connectivity index (χ0) is 18.4. The van der Waals surface area contributed by atoms with Crippen LogP contribution in [0.3, 0.4) is 0 Å². The molecule has 0 saturated heterocycles. The first-order valence-electron chi connectivity index (χ1n) is 8.38. The molecule has 3 rings (SSSR count). The third kappa shape index (κ3) is 4.25. The van der Waals surface area contributed by atoms with Crippen molar-refractivity contribution in [1.29, 1.82) is 0 Å². The van der Waals surface area contributed by atoms with Gasteiger partial charge < -0.3 is 4.74 Å². The van der Waals surface area contributed by atoms with Crippen LogP contribution in [0.5, 0.6) is 5.75 Å². The minimum absolute atomic E-state index is 0.130. The summed E-state index contributed by atoms with van der Waals surface area (Å²) in [4.78, 5) is 12.0. The first-order valence-corrected chi connectivity index (χ1v) is 8.38. The van der Waals surface area contributed by atoms with Gasteiger partial charge in [-0.25, -0.2) is 9.82 Å². The Hall–Kier alpha value is -3.21. The largest absolute Gasteiger partial charge is 0.493 e. The number of carbonyl (C=O) groups excluding carboxylic acids is 1. The van der Waals surface area contributed by atoms with Crippen molar-refractivity contribution < 1.29 is 13.9 Å². The molecule has 0 radical (unpaired) electrons. The van der Waals surface area contributed by atoms with E-state index in [-0.39, 0.29) is 18.1 Å². The van der Waals surface area contributed by atoms with Crippen LogP contribution in [0, 0.1) is 5.82 Å². The fraction of sp³-hybridized carbons (Fsp3) is 0.143. The minimum Gasteiger partial charge on any atom is -0.493 e. The number of nitrogens with zero attached hydrogens (tertiary/aromatic N) is 1. The lowest BCUT2D eigenvalue weighted by Gasteiger charge is -2.10. The van der Waals surface area contributed by atoms with Crippen molar-refractivity contribution in [2.24, 2.45) is 5.10 Å². The van der Waals surface area contributed by atoms with Crippen molar-refractivity contribution in [2.45, 2.75) is 13.3 Å². The van der Waals surface area contributed by atoms with Gasteiger partial charge in [0.15, 0.2) is 0 Å². The van der Waals surface area contributed by atoms with Gasteiger partial charge in [0, 0.05) is 5.56 Å². The summed E-state index contributed by atoms with van der Waals surface area (Å²) in [7, 11) is 0. The Morgan fingerprint density at radius 1 is 1.12 bits per heavy atom. The van der Waals surface area contributed by atoms with E-state index < -0.39 is 0 Å². The molecule has 5 heteroatoms. The standard InChI is InChI=1S/C21H19FN2O2/c1-2-26-20-12-9-16-5-3-4-6-18(16)19(20)14-23-24-21(25)13-15-7-10-17(22)11-8-15/h3-12,14H,2,13H2,1H3,(H,24,25)/b23-14-. The molecule has 1 amide bonds. The number of amides is 1. The van der Waals surface area contributed by atoms with Crippen molar-refractivity contribution in [3.8, 4) is 5.75 Å². The van der Waals surface area contributed by atoms with Gasteiger partial charge in [-0.3, -0.25) is 4.79 Å². The summed E-state index contributed by atoms with van der Waals surface area (Å²) in [6, 6.07) is 17.6. The first-order chi connectivity index (χ1) is 12.7. The molecule has 0 saturated carbocycles. The Morgan fingerprint density at radius 3 is 2.65 bits per heavy atom. The van der Waals surface area contributed by atoms with Crippen LogP contribution < -0.4 is 10.2 Å². The van der Waals surface area contributed by atoms with Gasteiger partial charge in [-0.2, -0.15) is 5.10 Å². The van der Waals surface area contributed by atoms with Crippen molar-refractivity contribution in [1.82, 2.24) is 5.43 Å². The smallest absolute Gasteiger partial charge is 0.244 e. The number of rotatable bonds is 6. The second-order valence-corrected chi connectivity index (χ2v) is 5.73. The Morgan fingerprint density at radius 2 is 1.88 bits per heavy atom. The molecule has 4 nitrogen and oxygen atoms in total. The van der Waals surface area contributed by atoms with E-state index in [4.69, 9.17) is 4.74 Å². The Labute approximate surface area is 151 Å². The lowest BCUT2D eigenvalue weighted by molar-refractivity contribution is -0.120. The zero-order valence-corrected chi connectivity index (χ0v) is 14.4. The second kappa shape index (κ2) is 8.25. The third-order valence-corrected chi connectivity index (χ3v) is 3.89. The molecule has 0 heterocycles. The number of halogens is 1. The maximum Gasteiger partial charge on any atom is 0.244 e. The highest BCUT2D eigenvalue weighted by Crippen LogP contribution is 2.26. The summed E-state index contributed by atoms with van der Waals surface area (Å²) in [5.74, 6) is 0.111. The minimum atomic E-state index is -0.327. The maximum atomic E-state index is 12.9. The molecule has 0 aliphatic rings. The highest BCUT2D eigenvalue weighted by Gasteiger charge is 2.07. The van der Waals surface area contributed by atoms with E-state index in [1.807, 2.05) is 43.3 Å². The molecule has 26 heavy (non-hydrogen) atoms. The van der Waals surface area contributed by atoms with Gasteiger partial charge in [0.25, 0.3) is 0 Å². The van der Waals surface area contributed by atoms with Crippen LogP contribution in [0.2, 0.25) is 0 Å². The van der Waals surface area contributed by atoms with Gasteiger partial charge in [0.05, 0.1) is 19.2 Å². The molecule has 0 aliphatic carbocycles. The first kappa shape index (κ1) is 17.6. The summed E-state index contributed by atoms with van der Waals surface area (Å²) in [6.45, 7) is 2.46. The predicted octanol–water partition coefficient (Wildman–Crippen LogP) is 4.07. The summed E-state index contributed by atoms with van der Waals surface area (Å²) in [6.07, 6.45) is 1.72. The molecule has 1 N–H and O–H groups in total. The molecule has 0 bridgehead atoms.